The number of carbonyl (C=O) groups excluding carboxylic acids is 2. The molecule has 0 unspecified atom stereocenters. The van der Waals surface area contributed by atoms with Gasteiger partial charge in [-0.2, -0.15) is 0 Å². The molecule has 24 heavy (non-hydrogen) atoms. The number of carbonyl (C=O) groups is 2. The Balaban J connectivity index is 2.47. The predicted octanol–water partition coefficient (Wildman–Crippen LogP) is 3.23. The van der Waals surface area contributed by atoms with Gasteiger partial charge in [0.05, 0.1) is 12.5 Å². The van der Waals surface area contributed by atoms with Crippen LogP contribution in [-0.2, 0) is 9.53 Å². The molecule has 134 valence electrons. The van der Waals surface area contributed by atoms with Crippen molar-refractivity contribution in [2.75, 3.05) is 6.54 Å². The molecule has 0 aromatic heterocycles. The van der Waals surface area contributed by atoms with Gasteiger partial charge in [-0.15, -0.1) is 0 Å². The number of amides is 1. The highest BCUT2D eigenvalue weighted by Gasteiger charge is 2.16. The molecule has 0 aliphatic rings. The topological polar surface area (TPSA) is 75.6 Å². The van der Waals surface area contributed by atoms with Crippen molar-refractivity contribution in [3.8, 4) is 0 Å². The first-order chi connectivity index (χ1) is 11.1. The molecule has 2 N–H and O–H groups in total. The van der Waals surface area contributed by atoms with E-state index in [9.17, 15) is 14.7 Å². The number of hydrogen-bond acceptors (Lipinski definition) is 4. The lowest BCUT2D eigenvalue weighted by atomic mass is 9.99. The Bertz CT molecular complexity index is 543. The Kier molecular flexibility index (Phi) is 7.42. The molecule has 0 radical (unpaired) electrons. The van der Waals surface area contributed by atoms with E-state index < -0.39 is 11.7 Å². The summed E-state index contributed by atoms with van der Waals surface area (Å²) in [7, 11) is 0. The van der Waals surface area contributed by atoms with Crippen LogP contribution >= 0.6 is 0 Å². The van der Waals surface area contributed by atoms with E-state index in [1.807, 2.05) is 0 Å². The minimum atomic E-state index is -0.520. The predicted molar refractivity (Wildman–Crippen MR) is 93.7 cm³/mol. The number of esters is 1. The molecular formula is C19H29NO4. The zero-order chi connectivity index (χ0) is 18.3. The second kappa shape index (κ2) is 8.83. The molecule has 0 saturated carbocycles. The lowest BCUT2D eigenvalue weighted by Crippen LogP contribution is -2.29. The van der Waals surface area contributed by atoms with Crippen LogP contribution in [0.2, 0.25) is 0 Å². The van der Waals surface area contributed by atoms with Crippen LogP contribution < -0.4 is 5.32 Å². The van der Waals surface area contributed by atoms with Crippen LogP contribution in [0.4, 0.5) is 0 Å². The zero-order valence-corrected chi connectivity index (χ0v) is 15.3. The van der Waals surface area contributed by atoms with Gasteiger partial charge in [0, 0.05) is 12.1 Å². The van der Waals surface area contributed by atoms with Gasteiger partial charge in [0.25, 0.3) is 5.91 Å². The quantitative estimate of drug-likeness (QED) is 0.750. The van der Waals surface area contributed by atoms with E-state index in [0.717, 1.165) is 5.56 Å². The molecule has 0 heterocycles. The van der Waals surface area contributed by atoms with Gasteiger partial charge in [0.2, 0.25) is 0 Å². The molecule has 5 nitrogen and oxygen atoms in total. The van der Waals surface area contributed by atoms with Gasteiger partial charge in [-0.05, 0) is 50.8 Å². The minimum absolute atomic E-state index is 0.133. The van der Waals surface area contributed by atoms with E-state index in [0.29, 0.717) is 17.9 Å². The molecular weight excluding hydrogens is 306 g/mol. The molecule has 1 amide bonds. The maximum Gasteiger partial charge on any atom is 0.308 e. The summed E-state index contributed by atoms with van der Waals surface area (Å²) in [5.41, 5.74) is 0.780. The third-order valence-electron chi connectivity index (χ3n) is 3.29. The van der Waals surface area contributed by atoms with E-state index >= 15 is 0 Å². The molecule has 1 aromatic rings. The van der Waals surface area contributed by atoms with Gasteiger partial charge < -0.3 is 15.2 Å². The van der Waals surface area contributed by atoms with Crippen LogP contribution in [0.5, 0.6) is 0 Å². The number of hydrogen-bond donors (Lipinski definition) is 2. The summed E-state index contributed by atoms with van der Waals surface area (Å²) in [4.78, 5) is 23.6. The van der Waals surface area contributed by atoms with Gasteiger partial charge in [0.1, 0.15) is 5.60 Å². The minimum Gasteiger partial charge on any atom is -0.460 e. The van der Waals surface area contributed by atoms with E-state index in [1.54, 1.807) is 45.0 Å². The van der Waals surface area contributed by atoms with Crippen molar-refractivity contribution in [1.82, 2.24) is 5.32 Å². The number of aliphatic hydroxyl groups is 1. The van der Waals surface area contributed by atoms with Gasteiger partial charge >= 0.3 is 5.97 Å². The first-order valence-electron chi connectivity index (χ1n) is 8.36. The highest BCUT2D eigenvalue weighted by Crippen LogP contribution is 2.21. The van der Waals surface area contributed by atoms with Crippen molar-refractivity contribution in [3.05, 3.63) is 35.4 Å². The summed E-state index contributed by atoms with van der Waals surface area (Å²) in [5.74, 6) is -0.186. The molecule has 0 saturated heterocycles. The van der Waals surface area contributed by atoms with Crippen molar-refractivity contribution in [1.29, 1.82) is 0 Å². The number of nitrogens with one attached hydrogen (secondary N) is 1. The van der Waals surface area contributed by atoms with Crippen molar-refractivity contribution in [2.24, 2.45) is 5.92 Å². The van der Waals surface area contributed by atoms with Crippen molar-refractivity contribution in [2.45, 2.75) is 59.2 Å². The Morgan fingerprint density at radius 2 is 1.75 bits per heavy atom. The van der Waals surface area contributed by atoms with E-state index in [-0.39, 0.29) is 24.8 Å². The Hall–Kier alpha value is -1.88. The highest BCUT2D eigenvalue weighted by atomic mass is 16.6. The first-order valence-corrected chi connectivity index (χ1v) is 8.36. The molecule has 1 atom stereocenters. The van der Waals surface area contributed by atoms with Gasteiger partial charge in [-0.3, -0.25) is 9.59 Å². The van der Waals surface area contributed by atoms with Gasteiger partial charge in [-0.1, -0.05) is 26.0 Å². The molecule has 1 aromatic carbocycles. The van der Waals surface area contributed by atoms with Gasteiger partial charge in [-0.25, -0.2) is 0 Å². The monoisotopic (exact) mass is 335 g/mol. The summed E-state index contributed by atoms with van der Waals surface area (Å²) >= 11 is 0. The summed E-state index contributed by atoms with van der Waals surface area (Å²) in [6, 6.07) is 6.88. The Labute approximate surface area is 144 Å². The van der Waals surface area contributed by atoms with Crippen LogP contribution in [-0.4, -0.2) is 29.1 Å². The number of rotatable bonds is 7. The van der Waals surface area contributed by atoms with Crippen LogP contribution in [0.1, 0.15) is 69.5 Å². The summed E-state index contributed by atoms with van der Waals surface area (Å²) in [6.07, 6.45) is 0.296. The maximum atomic E-state index is 12.0. The largest absolute Gasteiger partial charge is 0.460 e. The Morgan fingerprint density at radius 3 is 2.25 bits per heavy atom. The lowest BCUT2D eigenvalue weighted by molar-refractivity contribution is -0.154. The molecule has 0 aliphatic heterocycles. The van der Waals surface area contributed by atoms with Crippen molar-refractivity contribution < 1.29 is 19.4 Å². The lowest BCUT2D eigenvalue weighted by Gasteiger charge is -2.19. The van der Waals surface area contributed by atoms with Gasteiger partial charge in [0.15, 0.2) is 0 Å². The van der Waals surface area contributed by atoms with Crippen LogP contribution in [0.25, 0.3) is 0 Å². The van der Waals surface area contributed by atoms with Crippen LogP contribution in [0.15, 0.2) is 24.3 Å². The molecule has 0 fully saturated rings. The Morgan fingerprint density at radius 1 is 1.17 bits per heavy atom. The van der Waals surface area contributed by atoms with E-state index in [2.05, 4.69) is 19.2 Å². The molecule has 0 aliphatic carbocycles. The molecule has 1 rings (SSSR count). The summed E-state index contributed by atoms with van der Waals surface area (Å²) in [5, 5.41) is 12.8. The normalized spacial score (nSPS) is 12.8. The standard InChI is InChI=1S/C19H29NO4/c1-13(2)12-16(21)14-6-8-15(9-7-14)18(23)20-11-10-17(22)24-19(3,4)5/h6-9,13,16,21H,10-12H2,1-5H3,(H,20,23)/t16-/m1/s1. The molecule has 5 heteroatoms. The summed E-state index contributed by atoms with van der Waals surface area (Å²) < 4.78 is 5.18. The zero-order valence-electron chi connectivity index (χ0n) is 15.3. The fourth-order valence-corrected chi connectivity index (χ4v) is 2.21. The SMILES string of the molecule is CC(C)C[C@@H](O)c1ccc(C(=O)NCCC(=O)OC(C)(C)C)cc1. The molecule has 0 bridgehead atoms. The second-order valence-corrected chi connectivity index (χ2v) is 7.36. The number of aliphatic hydroxyl groups excluding tert-OH is 1. The number of benzene rings is 1. The van der Waals surface area contributed by atoms with Crippen LogP contribution in [0.3, 0.4) is 0 Å². The van der Waals surface area contributed by atoms with Crippen molar-refractivity contribution in [3.63, 3.8) is 0 Å². The average molecular weight is 335 g/mol. The second-order valence-electron chi connectivity index (χ2n) is 7.36. The van der Waals surface area contributed by atoms with Crippen molar-refractivity contribution >= 4 is 11.9 Å². The average Bonchev–Trinajstić information content (AvgIpc) is 2.44. The molecule has 0 spiro atoms. The first kappa shape index (κ1) is 20.2. The smallest absolute Gasteiger partial charge is 0.308 e. The van der Waals surface area contributed by atoms with E-state index in [4.69, 9.17) is 4.74 Å². The van der Waals surface area contributed by atoms with Crippen LogP contribution in [0, 0.1) is 5.92 Å². The van der Waals surface area contributed by atoms with E-state index in [1.165, 1.54) is 0 Å². The third kappa shape index (κ3) is 7.59. The fourth-order valence-electron chi connectivity index (χ4n) is 2.21. The summed E-state index contributed by atoms with van der Waals surface area (Å²) in [6.45, 7) is 9.74. The highest BCUT2D eigenvalue weighted by molar-refractivity contribution is 5.94. The maximum absolute atomic E-state index is 12.0. The third-order valence-corrected chi connectivity index (χ3v) is 3.29. The fraction of sp³-hybridized carbons (Fsp3) is 0.579. The number of ether oxygens (including phenoxy) is 1.